The highest BCUT2D eigenvalue weighted by atomic mass is 16.5. The highest BCUT2D eigenvalue weighted by Crippen LogP contribution is 2.05. The van der Waals surface area contributed by atoms with Gasteiger partial charge in [-0.1, -0.05) is 24.3 Å². The zero-order valence-electron chi connectivity index (χ0n) is 11.3. The summed E-state index contributed by atoms with van der Waals surface area (Å²) in [6, 6.07) is 7.63. The van der Waals surface area contributed by atoms with Gasteiger partial charge in [-0.15, -0.1) is 0 Å². The van der Waals surface area contributed by atoms with Crippen LogP contribution in [0.5, 0.6) is 0 Å². The van der Waals surface area contributed by atoms with Crippen LogP contribution < -0.4 is 11.3 Å². The van der Waals surface area contributed by atoms with E-state index in [2.05, 4.69) is 5.43 Å². The summed E-state index contributed by atoms with van der Waals surface area (Å²) in [4.78, 5) is 33.2. The number of ether oxygens (including phenoxy) is 1. The van der Waals surface area contributed by atoms with E-state index in [1.54, 1.807) is 0 Å². The minimum atomic E-state index is -0.954. The molecule has 1 aromatic carbocycles. The third-order valence-electron chi connectivity index (χ3n) is 2.59. The Morgan fingerprint density at radius 2 is 1.75 bits per heavy atom. The molecular weight excluding hydrogens is 260 g/mol. The standard InChI is InChI=1S/C14H18N2O4/c1-10(17)8-13(18)14(19)20-7-6-11-2-4-12(5-3-11)9-16-15/h2-5,16H,6-9,15H2,1H3. The Morgan fingerprint density at radius 1 is 1.15 bits per heavy atom. The van der Waals surface area contributed by atoms with Crippen LogP contribution in [0.2, 0.25) is 0 Å². The average Bonchev–Trinajstić information content (AvgIpc) is 2.40. The van der Waals surface area contributed by atoms with Gasteiger partial charge in [0.1, 0.15) is 5.78 Å². The number of benzene rings is 1. The minimum absolute atomic E-state index is 0.108. The molecule has 0 radical (unpaired) electrons. The highest BCUT2D eigenvalue weighted by Gasteiger charge is 2.16. The number of hydrogen-bond acceptors (Lipinski definition) is 6. The van der Waals surface area contributed by atoms with Crippen molar-refractivity contribution in [3.05, 3.63) is 35.4 Å². The van der Waals surface area contributed by atoms with Crippen LogP contribution in [-0.4, -0.2) is 24.1 Å². The summed E-state index contributed by atoms with van der Waals surface area (Å²) in [7, 11) is 0. The summed E-state index contributed by atoms with van der Waals surface area (Å²) in [5.74, 6) is 3.10. The van der Waals surface area contributed by atoms with E-state index in [0.717, 1.165) is 11.1 Å². The number of nitrogens with two attached hydrogens (primary N) is 1. The number of hydrogen-bond donors (Lipinski definition) is 2. The first-order valence-electron chi connectivity index (χ1n) is 6.23. The number of Topliss-reactive ketones (excluding diaryl/α,β-unsaturated/α-hetero) is 2. The molecule has 6 heteroatoms. The molecule has 1 aromatic rings. The fraction of sp³-hybridized carbons (Fsp3) is 0.357. The van der Waals surface area contributed by atoms with E-state index < -0.39 is 18.2 Å². The van der Waals surface area contributed by atoms with Gasteiger partial charge < -0.3 is 4.74 Å². The number of rotatable bonds is 8. The minimum Gasteiger partial charge on any atom is -0.460 e. The number of hydrazine groups is 1. The molecular formula is C14H18N2O4. The fourth-order valence-electron chi connectivity index (χ4n) is 1.58. The van der Waals surface area contributed by atoms with Gasteiger partial charge in [-0.05, 0) is 18.1 Å². The molecule has 0 saturated heterocycles. The van der Waals surface area contributed by atoms with Crippen molar-refractivity contribution in [1.29, 1.82) is 0 Å². The molecule has 0 heterocycles. The Bertz CT molecular complexity index is 482. The normalized spacial score (nSPS) is 10.1. The van der Waals surface area contributed by atoms with Gasteiger partial charge in [0.2, 0.25) is 5.78 Å². The number of ketones is 2. The Morgan fingerprint density at radius 3 is 2.30 bits per heavy atom. The molecule has 6 nitrogen and oxygen atoms in total. The SMILES string of the molecule is CC(=O)CC(=O)C(=O)OCCc1ccc(CNN)cc1. The maximum Gasteiger partial charge on any atom is 0.375 e. The van der Waals surface area contributed by atoms with Crippen molar-refractivity contribution in [1.82, 2.24) is 5.43 Å². The first-order valence-corrected chi connectivity index (χ1v) is 6.23. The molecule has 0 bridgehead atoms. The van der Waals surface area contributed by atoms with Crippen LogP contribution in [-0.2, 0) is 32.1 Å². The fourth-order valence-corrected chi connectivity index (χ4v) is 1.58. The van der Waals surface area contributed by atoms with E-state index in [4.69, 9.17) is 10.6 Å². The number of carbonyl (C=O) groups excluding carboxylic acids is 3. The van der Waals surface area contributed by atoms with Crippen LogP contribution in [0.4, 0.5) is 0 Å². The van der Waals surface area contributed by atoms with E-state index in [0.29, 0.717) is 13.0 Å². The van der Waals surface area contributed by atoms with Crippen LogP contribution in [0.1, 0.15) is 24.5 Å². The summed E-state index contributed by atoms with van der Waals surface area (Å²) < 4.78 is 4.81. The molecule has 0 saturated carbocycles. The van der Waals surface area contributed by atoms with Crippen LogP contribution in [0, 0.1) is 0 Å². The quantitative estimate of drug-likeness (QED) is 0.233. The van der Waals surface area contributed by atoms with Gasteiger partial charge in [0.05, 0.1) is 13.0 Å². The predicted molar refractivity (Wildman–Crippen MR) is 72.4 cm³/mol. The largest absolute Gasteiger partial charge is 0.460 e. The molecule has 20 heavy (non-hydrogen) atoms. The lowest BCUT2D eigenvalue weighted by atomic mass is 10.1. The molecule has 0 aromatic heterocycles. The van der Waals surface area contributed by atoms with E-state index >= 15 is 0 Å². The summed E-state index contributed by atoms with van der Waals surface area (Å²) in [6.45, 7) is 1.94. The third kappa shape index (κ3) is 5.73. The summed E-state index contributed by atoms with van der Waals surface area (Å²) in [5, 5.41) is 0. The van der Waals surface area contributed by atoms with Gasteiger partial charge in [0, 0.05) is 13.0 Å². The highest BCUT2D eigenvalue weighted by molar-refractivity contribution is 6.36. The molecule has 0 amide bonds. The third-order valence-corrected chi connectivity index (χ3v) is 2.59. The first-order chi connectivity index (χ1) is 9.52. The van der Waals surface area contributed by atoms with Crippen molar-refractivity contribution < 1.29 is 19.1 Å². The Labute approximate surface area is 117 Å². The van der Waals surface area contributed by atoms with Crippen molar-refractivity contribution in [2.75, 3.05) is 6.61 Å². The number of nitrogens with one attached hydrogen (secondary N) is 1. The number of esters is 1. The second-order valence-electron chi connectivity index (χ2n) is 4.39. The van der Waals surface area contributed by atoms with E-state index in [1.165, 1.54) is 6.92 Å². The lowest BCUT2D eigenvalue weighted by Gasteiger charge is -2.05. The molecule has 108 valence electrons. The predicted octanol–water partition coefficient (Wildman–Crippen LogP) is 0.284. The van der Waals surface area contributed by atoms with Crippen LogP contribution in [0.25, 0.3) is 0 Å². The maximum atomic E-state index is 11.3. The summed E-state index contributed by atoms with van der Waals surface area (Å²) >= 11 is 0. The molecule has 0 aliphatic heterocycles. The lowest BCUT2D eigenvalue weighted by molar-refractivity contribution is -0.154. The second kappa shape index (κ2) is 8.19. The monoisotopic (exact) mass is 278 g/mol. The first kappa shape index (κ1) is 16.0. The zero-order valence-corrected chi connectivity index (χ0v) is 11.3. The average molecular weight is 278 g/mol. The van der Waals surface area contributed by atoms with Gasteiger partial charge in [0.15, 0.2) is 0 Å². The van der Waals surface area contributed by atoms with Gasteiger partial charge in [-0.2, -0.15) is 0 Å². The van der Waals surface area contributed by atoms with Crippen molar-refractivity contribution in [3.63, 3.8) is 0 Å². The molecule has 0 atom stereocenters. The van der Waals surface area contributed by atoms with Crippen LogP contribution in [0.3, 0.4) is 0 Å². The molecule has 3 N–H and O–H groups in total. The Balaban J connectivity index is 2.35. The van der Waals surface area contributed by atoms with Crippen molar-refractivity contribution in [2.45, 2.75) is 26.3 Å². The van der Waals surface area contributed by atoms with Gasteiger partial charge >= 0.3 is 5.97 Å². The molecule has 0 spiro atoms. The topological polar surface area (TPSA) is 98.5 Å². The molecule has 0 unspecified atom stereocenters. The zero-order chi connectivity index (χ0) is 15.0. The Hall–Kier alpha value is -2.05. The van der Waals surface area contributed by atoms with Crippen molar-refractivity contribution in [2.24, 2.45) is 5.84 Å². The molecule has 0 aliphatic carbocycles. The Kier molecular flexibility index (Phi) is 6.55. The summed E-state index contributed by atoms with van der Waals surface area (Å²) in [6.07, 6.45) is 0.106. The van der Waals surface area contributed by atoms with Gasteiger partial charge in [0.25, 0.3) is 0 Å². The van der Waals surface area contributed by atoms with Gasteiger partial charge in [-0.3, -0.25) is 20.9 Å². The van der Waals surface area contributed by atoms with Crippen LogP contribution in [0.15, 0.2) is 24.3 Å². The van der Waals surface area contributed by atoms with Gasteiger partial charge in [-0.25, -0.2) is 4.79 Å². The molecule has 1 rings (SSSR count). The van der Waals surface area contributed by atoms with E-state index in [1.807, 2.05) is 24.3 Å². The lowest BCUT2D eigenvalue weighted by Crippen LogP contribution is -2.21. The molecule has 0 fully saturated rings. The smallest absolute Gasteiger partial charge is 0.375 e. The van der Waals surface area contributed by atoms with Crippen molar-refractivity contribution in [3.8, 4) is 0 Å². The van der Waals surface area contributed by atoms with Crippen LogP contribution >= 0.6 is 0 Å². The molecule has 0 aliphatic rings. The second-order valence-corrected chi connectivity index (χ2v) is 4.39. The maximum absolute atomic E-state index is 11.3. The van der Waals surface area contributed by atoms with Crippen molar-refractivity contribution >= 4 is 17.5 Å². The number of carbonyl (C=O) groups is 3. The van der Waals surface area contributed by atoms with E-state index in [9.17, 15) is 14.4 Å². The van der Waals surface area contributed by atoms with E-state index in [-0.39, 0.29) is 12.4 Å². The summed E-state index contributed by atoms with van der Waals surface area (Å²) in [5.41, 5.74) is 4.59.